The third kappa shape index (κ3) is 3.58. The summed E-state index contributed by atoms with van der Waals surface area (Å²) in [7, 11) is 0. The van der Waals surface area contributed by atoms with Gasteiger partial charge in [0.1, 0.15) is 6.04 Å². The van der Waals surface area contributed by atoms with Crippen molar-refractivity contribution in [3.05, 3.63) is 0 Å². The van der Waals surface area contributed by atoms with E-state index in [1.807, 2.05) is 13.8 Å². The van der Waals surface area contributed by atoms with Gasteiger partial charge in [-0.05, 0) is 31.1 Å². The third-order valence-electron chi connectivity index (χ3n) is 5.49. The highest BCUT2D eigenvalue weighted by Gasteiger charge is 2.51. The van der Waals surface area contributed by atoms with Crippen LogP contribution in [0, 0.1) is 11.3 Å². The van der Waals surface area contributed by atoms with Crippen molar-refractivity contribution in [1.29, 1.82) is 0 Å². The fourth-order valence-corrected chi connectivity index (χ4v) is 3.59. The maximum atomic E-state index is 12.5. The van der Waals surface area contributed by atoms with Gasteiger partial charge in [-0.1, -0.05) is 27.2 Å². The summed E-state index contributed by atoms with van der Waals surface area (Å²) < 4.78 is 0. The van der Waals surface area contributed by atoms with Crippen LogP contribution in [0.3, 0.4) is 0 Å². The van der Waals surface area contributed by atoms with Gasteiger partial charge < -0.3 is 4.90 Å². The second-order valence-electron chi connectivity index (χ2n) is 7.92. The molecule has 8 nitrogen and oxygen atoms in total. The summed E-state index contributed by atoms with van der Waals surface area (Å²) in [5.41, 5.74) is 5.00. The summed E-state index contributed by atoms with van der Waals surface area (Å²) >= 11 is 0. The van der Waals surface area contributed by atoms with Crippen LogP contribution in [-0.2, 0) is 14.4 Å². The number of unbranched alkanes of at least 4 members (excludes halogenated alkanes) is 1. The molecule has 0 spiro atoms. The normalized spacial score (nSPS) is 29.6. The fraction of sp³-hybridized carbons (Fsp3) is 0.824. The van der Waals surface area contributed by atoms with E-state index in [1.165, 1.54) is 5.06 Å². The Morgan fingerprint density at radius 3 is 2.56 bits per heavy atom. The van der Waals surface area contributed by atoms with E-state index in [1.54, 1.807) is 4.90 Å². The Morgan fingerprint density at radius 1 is 1.24 bits per heavy atom. The van der Waals surface area contributed by atoms with Crippen molar-refractivity contribution < 1.29 is 19.2 Å². The van der Waals surface area contributed by atoms with Crippen molar-refractivity contribution in [2.75, 3.05) is 13.2 Å². The standard InChI is InChI=1S/C17H28N4O4/c1-4-5-8-25-21-11-6-7-13(20(10-11)16(21)24)15(23)19-18-14(22)12-9-17(12,2)3/h11-13H,4-10H2,1-3H3,(H,18,22)(H,19,23)/t11-,12?,13+/m1/s1. The first-order chi connectivity index (χ1) is 11.8. The van der Waals surface area contributed by atoms with E-state index in [-0.39, 0.29) is 35.2 Å². The molecule has 2 N–H and O–H groups in total. The van der Waals surface area contributed by atoms with Gasteiger partial charge in [0.2, 0.25) is 5.91 Å². The lowest BCUT2D eigenvalue weighted by atomic mass is 10.0. The van der Waals surface area contributed by atoms with E-state index in [4.69, 9.17) is 4.84 Å². The summed E-state index contributed by atoms with van der Waals surface area (Å²) in [5, 5.41) is 1.42. The van der Waals surface area contributed by atoms with Crippen molar-refractivity contribution in [3.63, 3.8) is 0 Å². The van der Waals surface area contributed by atoms with Crippen LogP contribution >= 0.6 is 0 Å². The number of rotatable bonds is 6. The first kappa shape index (κ1) is 18.0. The maximum absolute atomic E-state index is 12.5. The lowest BCUT2D eigenvalue weighted by molar-refractivity contribution is -0.133. The number of amides is 4. The number of hydroxylamine groups is 2. The molecule has 3 fully saturated rings. The summed E-state index contributed by atoms with van der Waals surface area (Å²) in [5.74, 6) is -0.558. The number of nitrogens with zero attached hydrogens (tertiary/aromatic N) is 2. The number of fused-ring (bicyclic) bond motifs is 2. The predicted octanol–water partition coefficient (Wildman–Crippen LogP) is 1.18. The van der Waals surface area contributed by atoms with Crippen molar-refractivity contribution in [3.8, 4) is 0 Å². The van der Waals surface area contributed by atoms with Crippen LogP contribution in [0.25, 0.3) is 0 Å². The second-order valence-corrected chi connectivity index (χ2v) is 7.92. The zero-order chi connectivity index (χ0) is 18.2. The minimum Gasteiger partial charge on any atom is -0.309 e. The Balaban J connectivity index is 1.51. The predicted molar refractivity (Wildman–Crippen MR) is 89.8 cm³/mol. The van der Waals surface area contributed by atoms with Crippen LogP contribution in [0.1, 0.15) is 52.9 Å². The average molecular weight is 352 g/mol. The van der Waals surface area contributed by atoms with E-state index in [0.29, 0.717) is 19.6 Å². The minimum absolute atomic E-state index is 0.00805. The smallest absolute Gasteiger partial charge is 0.309 e. The van der Waals surface area contributed by atoms with E-state index >= 15 is 0 Å². The molecular weight excluding hydrogens is 324 g/mol. The largest absolute Gasteiger partial charge is 0.345 e. The van der Waals surface area contributed by atoms with E-state index < -0.39 is 6.04 Å². The Bertz CT molecular complexity index is 565. The molecule has 140 valence electrons. The number of carbonyl (C=O) groups excluding carboxylic acids is 3. The first-order valence-corrected chi connectivity index (χ1v) is 9.17. The molecule has 0 aromatic carbocycles. The van der Waals surface area contributed by atoms with Crippen LogP contribution in [-0.4, -0.2) is 53.0 Å². The van der Waals surface area contributed by atoms with Gasteiger partial charge in [-0.15, -0.1) is 0 Å². The number of hydrogen-bond acceptors (Lipinski definition) is 4. The molecule has 4 amide bonds. The number of nitrogens with one attached hydrogen (secondary N) is 2. The summed E-state index contributed by atoms with van der Waals surface area (Å²) in [4.78, 5) is 44.1. The number of hydrogen-bond donors (Lipinski definition) is 2. The van der Waals surface area contributed by atoms with Crippen LogP contribution in [0.15, 0.2) is 0 Å². The third-order valence-corrected chi connectivity index (χ3v) is 5.49. The SMILES string of the molecule is CCCCON1C(=O)N2C[C@H]1CC[C@H]2C(=O)NNC(=O)C1CC1(C)C. The van der Waals surface area contributed by atoms with Crippen molar-refractivity contribution in [2.24, 2.45) is 11.3 Å². The molecule has 2 aliphatic heterocycles. The van der Waals surface area contributed by atoms with Gasteiger partial charge in [0.15, 0.2) is 0 Å². The highest BCUT2D eigenvalue weighted by molar-refractivity contribution is 5.90. The second kappa shape index (κ2) is 6.82. The lowest BCUT2D eigenvalue weighted by Gasteiger charge is -2.29. The van der Waals surface area contributed by atoms with Crippen molar-refractivity contribution in [1.82, 2.24) is 20.8 Å². The van der Waals surface area contributed by atoms with Gasteiger partial charge in [0.05, 0.1) is 12.6 Å². The van der Waals surface area contributed by atoms with Gasteiger partial charge >= 0.3 is 6.03 Å². The molecule has 0 aromatic rings. The first-order valence-electron chi connectivity index (χ1n) is 9.17. The zero-order valence-corrected chi connectivity index (χ0v) is 15.2. The monoisotopic (exact) mass is 352 g/mol. The van der Waals surface area contributed by atoms with Crippen LogP contribution in [0.4, 0.5) is 4.79 Å². The molecule has 3 atom stereocenters. The fourth-order valence-electron chi connectivity index (χ4n) is 3.59. The number of carbonyl (C=O) groups is 3. The van der Waals surface area contributed by atoms with Gasteiger partial charge in [0, 0.05) is 12.5 Å². The highest BCUT2D eigenvalue weighted by Crippen LogP contribution is 2.51. The summed E-state index contributed by atoms with van der Waals surface area (Å²) in [6, 6.07) is -0.806. The van der Waals surface area contributed by atoms with Crippen molar-refractivity contribution in [2.45, 2.75) is 65.0 Å². The quantitative estimate of drug-likeness (QED) is 0.555. The van der Waals surface area contributed by atoms with Gasteiger partial charge in [-0.3, -0.25) is 25.3 Å². The number of piperidine rings is 1. The number of hydrazine groups is 1. The van der Waals surface area contributed by atoms with Crippen LogP contribution in [0.5, 0.6) is 0 Å². The van der Waals surface area contributed by atoms with E-state index in [9.17, 15) is 14.4 Å². The maximum Gasteiger partial charge on any atom is 0.345 e. The molecule has 3 rings (SSSR count). The molecule has 2 saturated heterocycles. The Morgan fingerprint density at radius 2 is 1.92 bits per heavy atom. The minimum atomic E-state index is -0.559. The summed E-state index contributed by atoms with van der Waals surface area (Å²) in [6.07, 6.45) is 4.01. The molecule has 25 heavy (non-hydrogen) atoms. The average Bonchev–Trinajstić information content (AvgIpc) is 3.16. The lowest BCUT2D eigenvalue weighted by Crippen LogP contribution is -2.54. The van der Waals surface area contributed by atoms with Crippen LogP contribution < -0.4 is 10.9 Å². The highest BCUT2D eigenvalue weighted by atomic mass is 16.7. The molecule has 0 radical (unpaired) electrons. The topological polar surface area (TPSA) is 91.0 Å². The molecule has 1 unspecified atom stereocenters. The van der Waals surface area contributed by atoms with E-state index in [2.05, 4.69) is 17.8 Å². The van der Waals surface area contributed by atoms with Crippen LogP contribution in [0.2, 0.25) is 0 Å². The molecule has 1 aliphatic carbocycles. The van der Waals surface area contributed by atoms with Gasteiger partial charge in [0.25, 0.3) is 5.91 Å². The van der Waals surface area contributed by atoms with Crippen molar-refractivity contribution >= 4 is 17.8 Å². The molecule has 2 heterocycles. The number of urea groups is 1. The molecule has 3 aliphatic rings. The van der Waals surface area contributed by atoms with Gasteiger partial charge in [-0.25, -0.2) is 4.79 Å². The molecular formula is C17H28N4O4. The van der Waals surface area contributed by atoms with E-state index in [0.717, 1.165) is 25.7 Å². The zero-order valence-electron chi connectivity index (χ0n) is 15.2. The summed E-state index contributed by atoms with van der Waals surface area (Å²) in [6.45, 7) is 7.12. The Kier molecular flexibility index (Phi) is 4.90. The van der Waals surface area contributed by atoms with Gasteiger partial charge in [-0.2, -0.15) is 5.06 Å². The molecule has 8 heteroatoms. The molecule has 0 aromatic heterocycles. The Labute approximate surface area is 148 Å². The molecule has 2 bridgehead atoms. The Hall–Kier alpha value is -1.83. The molecule has 1 saturated carbocycles.